The number of aromatic nitrogens is 2. The molecule has 0 fully saturated rings. The van der Waals surface area contributed by atoms with E-state index < -0.39 is 0 Å². The number of ketones is 1. The van der Waals surface area contributed by atoms with Crippen LogP contribution in [0.2, 0.25) is 0 Å². The molecule has 208 valence electrons. The van der Waals surface area contributed by atoms with Gasteiger partial charge in [-0.05, 0) is 70.1 Å². The Bertz CT molecular complexity index is 1270. The second kappa shape index (κ2) is 11.8. The maximum atomic E-state index is 13.9. The third-order valence-electron chi connectivity index (χ3n) is 8.26. The average molecular weight is 530 g/mol. The first-order valence-electron chi connectivity index (χ1n) is 14.3. The van der Waals surface area contributed by atoms with Gasteiger partial charge in [-0.15, -0.1) is 0 Å². The maximum Gasteiger partial charge on any atom is 0.306 e. The number of Topliss-reactive ketones (excluding diaryl/α,β-unsaturated/α-hetero) is 1. The fraction of sp³-hybridized carbons (Fsp3) is 0.485. The summed E-state index contributed by atoms with van der Waals surface area (Å²) in [5.41, 5.74) is 3.63. The van der Waals surface area contributed by atoms with Gasteiger partial charge in [0, 0.05) is 18.3 Å². The molecule has 0 amide bonds. The van der Waals surface area contributed by atoms with E-state index in [1.165, 1.54) is 5.56 Å². The highest BCUT2D eigenvalue weighted by Gasteiger charge is 2.38. The Hall–Kier alpha value is -3.41. The van der Waals surface area contributed by atoms with Gasteiger partial charge in [-0.25, -0.2) is 4.68 Å². The van der Waals surface area contributed by atoms with Crippen molar-refractivity contribution < 1.29 is 14.3 Å². The summed E-state index contributed by atoms with van der Waals surface area (Å²) >= 11 is 0. The summed E-state index contributed by atoms with van der Waals surface area (Å²) in [6, 6.07) is 19.0. The maximum absolute atomic E-state index is 13.9. The van der Waals surface area contributed by atoms with E-state index in [0.29, 0.717) is 24.8 Å². The molecule has 1 aliphatic heterocycles. The number of hydrogen-bond donors (Lipinski definition) is 1. The highest BCUT2D eigenvalue weighted by Crippen LogP contribution is 2.42. The van der Waals surface area contributed by atoms with Gasteiger partial charge in [0.25, 0.3) is 0 Å². The monoisotopic (exact) mass is 529 g/mol. The van der Waals surface area contributed by atoms with Crippen LogP contribution in [0.5, 0.6) is 0 Å². The van der Waals surface area contributed by atoms with Gasteiger partial charge in [-0.1, -0.05) is 68.4 Å². The smallest absolute Gasteiger partial charge is 0.306 e. The molecule has 6 nitrogen and oxygen atoms in total. The fourth-order valence-corrected chi connectivity index (χ4v) is 5.85. The van der Waals surface area contributed by atoms with E-state index in [0.717, 1.165) is 36.2 Å². The van der Waals surface area contributed by atoms with E-state index >= 15 is 0 Å². The number of anilines is 1. The Morgan fingerprint density at radius 2 is 1.74 bits per heavy atom. The van der Waals surface area contributed by atoms with Crippen LogP contribution in [0.4, 0.5) is 5.82 Å². The second-order valence-corrected chi connectivity index (χ2v) is 11.8. The molecule has 0 radical (unpaired) electrons. The van der Waals surface area contributed by atoms with Gasteiger partial charge < -0.3 is 10.1 Å². The number of nitrogens with one attached hydrogen (secondary N) is 1. The summed E-state index contributed by atoms with van der Waals surface area (Å²) in [6.45, 7) is 12.4. The Kier molecular flexibility index (Phi) is 8.63. The first kappa shape index (κ1) is 28.6. The van der Waals surface area contributed by atoms with E-state index in [4.69, 9.17) is 4.74 Å². The molecular weight excluding hydrogens is 486 g/mol. The van der Waals surface area contributed by atoms with Crippen molar-refractivity contribution in [2.75, 3.05) is 5.32 Å². The lowest BCUT2D eigenvalue weighted by Gasteiger charge is -2.38. The SMILES string of the molecule is CCC(CC)(CC(=O)c1cnn2c1NC(c1ccccc1)CC2(C)C)c1ccc(CCC(=O)OC(C)C)cc1. The molecule has 2 heterocycles. The molecule has 0 bridgehead atoms. The number of carbonyl (C=O) groups is 2. The standard InChI is InChI=1S/C33H43N3O3/c1-7-33(8-2,26-17-14-24(15-18-26)16-19-30(38)39-23(3)4)21-29(37)27-22-34-36-31(27)35-28(20-32(36,5)6)25-12-10-9-11-13-25/h9-15,17-18,22-23,28,35H,7-8,16,19-21H2,1-6H3. The molecule has 6 heteroatoms. The van der Waals surface area contributed by atoms with Crippen LogP contribution in [-0.2, 0) is 26.9 Å². The Morgan fingerprint density at radius 3 is 2.36 bits per heavy atom. The molecule has 0 spiro atoms. The molecule has 3 aromatic rings. The molecule has 1 N–H and O–H groups in total. The highest BCUT2D eigenvalue weighted by atomic mass is 16.5. The van der Waals surface area contributed by atoms with Crippen LogP contribution in [0, 0.1) is 0 Å². The van der Waals surface area contributed by atoms with Crippen molar-refractivity contribution in [3.8, 4) is 0 Å². The topological polar surface area (TPSA) is 73.2 Å². The Morgan fingerprint density at radius 1 is 1.08 bits per heavy atom. The number of fused-ring (bicyclic) bond motifs is 1. The molecular formula is C33H43N3O3. The molecule has 0 saturated carbocycles. The van der Waals surface area contributed by atoms with Crippen molar-refractivity contribution >= 4 is 17.6 Å². The van der Waals surface area contributed by atoms with E-state index in [-0.39, 0.29) is 34.9 Å². The van der Waals surface area contributed by atoms with Gasteiger partial charge >= 0.3 is 5.97 Å². The van der Waals surface area contributed by atoms with Crippen molar-refractivity contribution in [1.82, 2.24) is 9.78 Å². The van der Waals surface area contributed by atoms with Crippen LogP contribution in [0.25, 0.3) is 0 Å². The quantitative estimate of drug-likeness (QED) is 0.207. The minimum atomic E-state index is -0.274. The lowest BCUT2D eigenvalue weighted by molar-refractivity contribution is -0.147. The molecule has 1 atom stereocenters. The predicted molar refractivity (Wildman–Crippen MR) is 156 cm³/mol. The summed E-state index contributed by atoms with van der Waals surface area (Å²) in [4.78, 5) is 25.9. The van der Waals surface area contributed by atoms with Crippen molar-refractivity contribution in [3.05, 3.63) is 83.0 Å². The molecule has 4 rings (SSSR count). The molecule has 1 aliphatic rings. The van der Waals surface area contributed by atoms with Crippen LogP contribution < -0.4 is 5.32 Å². The van der Waals surface area contributed by atoms with Crippen LogP contribution in [-0.4, -0.2) is 27.6 Å². The van der Waals surface area contributed by atoms with E-state index in [1.54, 1.807) is 6.20 Å². The number of hydrogen-bond acceptors (Lipinski definition) is 5. The molecule has 0 aliphatic carbocycles. The summed E-state index contributed by atoms with van der Waals surface area (Å²) in [5.74, 6) is 0.749. The van der Waals surface area contributed by atoms with Gasteiger partial charge in [0.05, 0.1) is 29.4 Å². The first-order valence-corrected chi connectivity index (χ1v) is 14.3. The predicted octanol–water partition coefficient (Wildman–Crippen LogP) is 7.39. The van der Waals surface area contributed by atoms with Gasteiger partial charge in [0.2, 0.25) is 0 Å². The number of aryl methyl sites for hydroxylation is 1. The number of rotatable bonds is 11. The van der Waals surface area contributed by atoms with E-state index in [2.05, 4.69) is 86.6 Å². The van der Waals surface area contributed by atoms with Crippen molar-refractivity contribution in [2.24, 2.45) is 0 Å². The second-order valence-electron chi connectivity index (χ2n) is 11.8. The number of benzene rings is 2. The normalized spacial score (nSPS) is 16.4. The fourth-order valence-electron chi connectivity index (χ4n) is 5.85. The number of carbonyl (C=O) groups excluding carboxylic acids is 2. The number of nitrogens with zero attached hydrogens (tertiary/aromatic N) is 2. The zero-order valence-electron chi connectivity index (χ0n) is 24.3. The number of esters is 1. The first-order chi connectivity index (χ1) is 18.6. The molecule has 1 unspecified atom stereocenters. The van der Waals surface area contributed by atoms with Gasteiger partial charge in [0.15, 0.2) is 5.78 Å². The summed E-state index contributed by atoms with van der Waals surface area (Å²) in [6.07, 6.45) is 5.65. The zero-order valence-corrected chi connectivity index (χ0v) is 24.3. The minimum Gasteiger partial charge on any atom is -0.463 e. The summed E-state index contributed by atoms with van der Waals surface area (Å²) in [7, 11) is 0. The van der Waals surface area contributed by atoms with E-state index in [1.807, 2.05) is 24.6 Å². The van der Waals surface area contributed by atoms with Crippen LogP contribution >= 0.6 is 0 Å². The molecule has 1 aromatic heterocycles. The van der Waals surface area contributed by atoms with Gasteiger partial charge in [0.1, 0.15) is 5.82 Å². The van der Waals surface area contributed by atoms with Gasteiger partial charge in [-0.2, -0.15) is 5.10 Å². The van der Waals surface area contributed by atoms with Crippen molar-refractivity contribution in [2.45, 2.75) is 103 Å². The minimum absolute atomic E-state index is 0.0979. The number of ether oxygens (including phenoxy) is 1. The van der Waals surface area contributed by atoms with Crippen molar-refractivity contribution in [1.29, 1.82) is 0 Å². The lowest BCUT2D eigenvalue weighted by Crippen LogP contribution is -2.38. The average Bonchev–Trinajstić information content (AvgIpc) is 3.36. The largest absolute Gasteiger partial charge is 0.463 e. The third-order valence-corrected chi connectivity index (χ3v) is 8.26. The van der Waals surface area contributed by atoms with E-state index in [9.17, 15) is 9.59 Å². The highest BCUT2D eigenvalue weighted by molar-refractivity contribution is 6.01. The molecule has 39 heavy (non-hydrogen) atoms. The van der Waals surface area contributed by atoms with Crippen molar-refractivity contribution in [3.63, 3.8) is 0 Å². The molecule has 0 saturated heterocycles. The Labute approximate surface area is 233 Å². The van der Waals surface area contributed by atoms with Crippen LogP contribution in [0.3, 0.4) is 0 Å². The summed E-state index contributed by atoms with van der Waals surface area (Å²) < 4.78 is 7.24. The van der Waals surface area contributed by atoms with Crippen LogP contribution in [0.15, 0.2) is 60.8 Å². The van der Waals surface area contributed by atoms with Crippen LogP contribution in [0.1, 0.15) is 107 Å². The molecule has 2 aromatic carbocycles. The summed E-state index contributed by atoms with van der Waals surface area (Å²) in [5, 5.41) is 8.32. The lowest BCUT2D eigenvalue weighted by atomic mass is 9.71. The van der Waals surface area contributed by atoms with Gasteiger partial charge in [-0.3, -0.25) is 9.59 Å². The third kappa shape index (κ3) is 6.26. The zero-order chi connectivity index (χ0) is 28.2. The Balaban J connectivity index is 1.54.